The van der Waals surface area contributed by atoms with Gasteiger partial charge < -0.3 is 4.74 Å². The largest absolute Gasteiger partial charge is 0.456 e. The molecule has 1 saturated carbocycles. The summed E-state index contributed by atoms with van der Waals surface area (Å²) >= 11 is 0. The highest BCUT2D eigenvalue weighted by Gasteiger charge is 2.33. The van der Waals surface area contributed by atoms with Gasteiger partial charge in [-0.3, -0.25) is 0 Å². The van der Waals surface area contributed by atoms with E-state index >= 15 is 0 Å². The van der Waals surface area contributed by atoms with Crippen LogP contribution in [0.3, 0.4) is 0 Å². The third-order valence-electron chi connectivity index (χ3n) is 5.17. The van der Waals surface area contributed by atoms with Crippen LogP contribution in [0.15, 0.2) is 0 Å². The Bertz CT molecular complexity index is 1140. The molecule has 152 valence electrons. The van der Waals surface area contributed by atoms with Crippen molar-refractivity contribution in [3.05, 3.63) is 0 Å². The molecule has 0 spiro atoms. The number of hydrogen-bond acceptors (Lipinski definition) is 2. The highest BCUT2D eigenvalue weighted by atomic mass is 16.5. The molecule has 1 aliphatic carbocycles. The zero-order valence-corrected chi connectivity index (χ0v) is 18.5. The van der Waals surface area contributed by atoms with Crippen molar-refractivity contribution in [3.8, 4) is 94.7 Å². The minimum atomic E-state index is -0.565. The second kappa shape index (κ2) is 15.8. The lowest BCUT2D eigenvalue weighted by Gasteiger charge is -2.24. The fourth-order valence-corrected chi connectivity index (χ4v) is 3.31. The first-order valence-corrected chi connectivity index (χ1v) is 10.2. The minimum Gasteiger partial charge on any atom is -0.456 e. The third kappa shape index (κ3) is 11.5. The van der Waals surface area contributed by atoms with Crippen LogP contribution in [-0.2, 0) is 9.53 Å². The molecule has 31 heavy (non-hydrogen) atoms. The fraction of sp³-hybridized carbons (Fsp3) is 0.414. The van der Waals surface area contributed by atoms with Gasteiger partial charge in [0, 0.05) is 5.92 Å². The van der Waals surface area contributed by atoms with Crippen LogP contribution < -0.4 is 0 Å². The molecule has 0 saturated heterocycles. The summed E-state index contributed by atoms with van der Waals surface area (Å²) in [5.41, 5.74) is 0. The van der Waals surface area contributed by atoms with E-state index in [-0.39, 0.29) is 0 Å². The molecule has 1 fully saturated rings. The van der Waals surface area contributed by atoms with Crippen LogP contribution in [0.2, 0.25) is 0 Å². The monoisotopic (exact) mass is 404 g/mol. The fourth-order valence-electron chi connectivity index (χ4n) is 3.31. The molecule has 2 heteroatoms. The van der Waals surface area contributed by atoms with Gasteiger partial charge >= 0.3 is 5.97 Å². The lowest BCUT2D eigenvalue weighted by Crippen LogP contribution is -2.19. The van der Waals surface area contributed by atoms with Gasteiger partial charge in [-0.15, -0.1) is 0 Å². The lowest BCUT2D eigenvalue weighted by molar-refractivity contribution is -0.137. The molecular weight excluding hydrogens is 380 g/mol. The number of carbonyl (C=O) groups is 1. The van der Waals surface area contributed by atoms with Crippen molar-refractivity contribution >= 4 is 5.97 Å². The second-order valence-electron chi connectivity index (χ2n) is 7.10. The first kappa shape index (κ1) is 25.0. The molecule has 0 radical (unpaired) electrons. The van der Waals surface area contributed by atoms with E-state index in [4.69, 9.17) is 4.74 Å². The predicted molar refractivity (Wildman–Crippen MR) is 124 cm³/mol. The van der Waals surface area contributed by atoms with E-state index < -0.39 is 5.97 Å². The van der Waals surface area contributed by atoms with Crippen molar-refractivity contribution in [3.63, 3.8) is 0 Å². The third-order valence-corrected chi connectivity index (χ3v) is 5.17. The molecule has 0 heterocycles. The Morgan fingerprint density at radius 2 is 1.29 bits per heavy atom. The van der Waals surface area contributed by atoms with Gasteiger partial charge in [-0.1, -0.05) is 33.1 Å². The van der Waals surface area contributed by atoms with Gasteiger partial charge in [0.1, 0.15) is 0 Å². The summed E-state index contributed by atoms with van der Waals surface area (Å²) in [5.74, 6) is 42.3. The van der Waals surface area contributed by atoms with Crippen molar-refractivity contribution < 1.29 is 9.53 Å². The summed E-state index contributed by atoms with van der Waals surface area (Å²) in [7, 11) is 0. The highest BCUT2D eigenvalue weighted by Crippen LogP contribution is 2.41. The zero-order chi connectivity index (χ0) is 22.7. The molecule has 1 rings (SSSR count). The number of ether oxygens (including phenoxy) is 1. The number of esters is 1. The Morgan fingerprint density at radius 1 is 0.806 bits per heavy atom. The second-order valence-corrected chi connectivity index (χ2v) is 7.10. The molecule has 0 aliphatic heterocycles. The van der Waals surface area contributed by atoms with Gasteiger partial charge in [-0.05, 0) is 126 Å². The minimum absolute atomic E-state index is 0.389. The predicted octanol–water partition coefficient (Wildman–Crippen LogP) is 3.29. The first-order valence-electron chi connectivity index (χ1n) is 10.2. The molecule has 3 unspecified atom stereocenters. The summed E-state index contributed by atoms with van der Waals surface area (Å²) in [4.78, 5) is 11.6. The van der Waals surface area contributed by atoms with Gasteiger partial charge in [0.2, 0.25) is 0 Å². The van der Waals surface area contributed by atoms with Crippen LogP contribution in [0, 0.1) is 118 Å². The van der Waals surface area contributed by atoms with Crippen molar-refractivity contribution in [2.45, 2.75) is 47.0 Å². The SMILES string of the molecule is CC#CC#CC#CC#CC#CC#CC#CC#CC(=O)OCCC(C)C1CCC(C)[C@@H]1C. The van der Waals surface area contributed by atoms with E-state index in [0.29, 0.717) is 18.4 Å². The first-order chi connectivity index (χ1) is 15.1. The molecule has 0 aromatic rings. The van der Waals surface area contributed by atoms with Gasteiger partial charge in [-0.25, -0.2) is 4.79 Å². The van der Waals surface area contributed by atoms with Crippen molar-refractivity contribution in [1.82, 2.24) is 0 Å². The van der Waals surface area contributed by atoms with Gasteiger partial charge in [0.15, 0.2) is 0 Å². The molecule has 0 amide bonds. The van der Waals surface area contributed by atoms with E-state index in [1.807, 2.05) is 0 Å². The maximum Gasteiger partial charge on any atom is 0.385 e. The quantitative estimate of drug-likeness (QED) is 0.408. The molecule has 0 N–H and O–H groups in total. The maximum absolute atomic E-state index is 11.6. The van der Waals surface area contributed by atoms with Crippen molar-refractivity contribution in [2.75, 3.05) is 6.61 Å². The van der Waals surface area contributed by atoms with Crippen LogP contribution in [0.1, 0.15) is 47.0 Å². The normalized spacial score (nSPS) is 17.9. The number of hydrogen-bond donors (Lipinski definition) is 0. The number of carbonyl (C=O) groups excluding carboxylic acids is 1. The molecular formula is C29H24O2. The van der Waals surface area contributed by atoms with Crippen LogP contribution in [0.25, 0.3) is 0 Å². The summed E-state index contributed by atoms with van der Waals surface area (Å²) in [5, 5.41) is 0. The van der Waals surface area contributed by atoms with Gasteiger partial charge in [0.05, 0.1) is 6.61 Å². The van der Waals surface area contributed by atoms with E-state index in [2.05, 4.69) is 115 Å². The average molecular weight is 405 g/mol. The Balaban J connectivity index is 2.32. The molecule has 2 nitrogen and oxygen atoms in total. The van der Waals surface area contributed by atoms with Gasteiger partial charge in [0.25, 0.3) is 0 Å². The maximum atomic E-state index is 11.6. The average Bonchev–Trinajstić information content (AvgIpc) is 3.09. The Labute approximate surface area is 187 Å². The van der Waals surface area contributed by atoms with Gasteiger partial charge in [-0.2, -0.15) is 0 Å². The summed E-state index contributed by atoms with van der Waals surface area (Å²) in [6.45, 7) is 8.97. The molecule has 0 bridgehead atoms. The van der Waals surface area contributed by atoms with E-state index in [0.717, 1.165) is 18.3 Å². The van der Waals surface area contributed by atoms with Crippen LogP contribution >= 0.6 is 0 Å². The zero-order valence-electron chi connectivity index (χ0n) is 18.5. The standard InChI is InChI=1S/C29H24O2/c1-5-6-7-8-9-10-11-12-13-14-15-16-17-18-19-20-29(30)31-24-23-26(3)28-22-21-25(2)27(28)4/h25-28H,21-24H2,1-4H3/t25?,26?,27-,28?/m0/s1. The molecule has 0 aromatic heterocycles. The lowest BCUT2D eigenvalue weighted by atomic mass is 9.82. The van der Waals surface area contributed by atoms with Crippen molar-refractivity contribution in [2.24, 2.45) is 23.7 Å². The number of rotatable bonds is 4. The molecule has 1 aliphatic rings. The van der Waals surface area contributed by atoms with E-state index in [1.165, 1.54) is 12.8 Å². The molecule has 0 aromatic carbocycles. The summed E-state index contributed by atoms with van der Waals surface area (Å²) in [6.07, 6.45) is 3.42. The van der Waals surface area contributed by atoms with Crippen molar-refractivity contribution in [1.29, 1.82) is 0 Å². The van der Waals surface area contributed by atoms with E-state index in [1.54, 1.807) is 6.92 Å². The van der Waals surface area contributed by atoms with E-state index in [9.17, 15) is 4.79 Å². The summed E-state index contributed by atoms with van der Waals surface area (Å²) < 4.78 is 5.17. The Morgan fingerprint density at radius 3 is 1.74 bits per heavy atom. The topological polar surface area (TPSA) is 26.3 Å². The van der Waals surface area contributed by atoms with Crippen LogP contribution in [0.4, 0.5) is 0 Å². The Kier molecular flexibility index (Phi) is 12.8. The molecule has 4 atom stereocenters. The van der Waals surface area contributed by atoms with Crippen LogP contribution in [-0.4, -0.2) is 12.6 Å². The smallest absolute Gasteiger partial charge is 0.385 e. The van der Waals surface area contributed by atoms with Crippen LogP contribution in [0.5, 0.6) is 0 Å². The Hall–Kier alpha value is -4.05. The highest BCUT2D eigenvalue weighted by molar-refractivity contribution is 5.89. The summed E-state index contributed by atoms with van der Waals surface area (Å²) in [6, 6.07) is 0.